The molecule has 4 rings (SSSR count). The molecule has 0 aliphatic heterocycles. The number of benzene rings is 1. The Hall–Kier alpha value is -2.29. The summed E-state index contributed by atoms with van der Waals surface area (Å²) in [5.74, 6) is -0.398. The SMILES string of the molecule is CC(C)(C)CC(=O)Nc1nc2c(s1)CC1C(C)(CO)C(O)CCC1(C)C2CC(=O)Nc1ccccc1. The number of nitrogens with zero attached hydrogens (tertiary/aromatic N) is 1. The standard InChI is InChI=1S/C28H39N3O4S/c1-26(2,3)15-23(35)30-25-31-24-18(13-22(34)29-17-9-7-6-8-10-17)27(4)12-11-21(33)28(5,16-32)20(27)14-19(24)36-25/h6-10,18,20-21,32-33H,11-16H2,1-5H3,(H,29,34)(H,30,31,35). The van der Waals surface area contributed by atoms with E-state index in [1.165, 1.54) is 11.3 Å². The fourth-order valence-corrected chi connectivity index (χ4v) is 7.35. The Bertz CT molecular complexity index is 1110. The third-order valence-corrected chi connectivity index (χ3v) is 9.29. The third kappa shape index (κ3) is 5.22. The summed E-state index contributed by atoms with van der Waals surface area (Å²) in [6, 6.07) is 9.39. The first-order valence-electron chi connectivity index (χ1n) is 12.8. The van der Waals surface area contributed by atoms with Gasteiger partial charge in [0, 0.05) is 34.7 Å². The number of aromatic nitrogens is 1. The van der Waals surface area contributed by atoms with Gasteiger partial charge in [0.1, 0.15) is 0 Å². The zero-order valence-electron chi connectivity index (χ0n) is 21.9. The number of carbonyl (C=O) groups excluding carboxylic acids is 2. The summed E-state index contributed by atoms with van der Waals surface area (Å²) in [4.78, 5) is 31.8. The summed E-state index contributed by atoms with van der Waals surface area (Å²) in [5.41, 5.74) is 0.454. The minimum absolute atomic E-state index is 0.0284. The number of hydrogen-bond acceptors (Lipinski definition) is 6. The van der Waals surface area contributed by atoms with Crippen LogP contribution < -0.4 is 10.6 Å². The van der Waals surface area contributed by atoms with Crippen molar-refractivity contribution in [1.29, 1.82) is 0 Å². The highest BCUT2D eigenvalue weighted by Gasteiger charge is 2.59. The number of thiazole rings is 1. The van der Waals surface area contributed by atoms with Gasteiger partial charge in [-0.3, -0.25) is 9.59 Å². The van der Waals surface area contributed by atoms with Crippen molar-refractivity contribution in [2.45, 2.75) is 78.7 Å². The lowest BCUT2D eigenvalue weighted by molar-refractivity contribution is -0.143. The number of aliphatic hydroxyl groups excluding tert-OH is 2. The maximum Gasteiger partial charge on any atom is 0.226 e. The Balaban J connectivity index is 1.68. The fraction of sp³-hybridized carbons (Fsp3) is 0.607. The number of hydrogen-bond donors (Lipinski definition) is 4. The van der Waals surface area contributed by atoms with E-state index in [2.05, 4.69) is 17.6 Å². The van der Waals surface area contributed by atoms with Crippen molar-refractivity contribution in [2.24, 2.45) is 22.2 Å². The van der Waals surface area contributed by atoms with Crippen LogP contribution in [0.15, 0.2) is 30.3 Å². The van der Waals surface area contributed by atoms with Gasteiger partial charge in [0.15, 0.2) is 5.13 Å². The zero-order valence-corrected chi connectivity index (χ0v) is 22.7. The maximum atomic E-state index is 13.2. The molecule has 2 amide bonds. The van der Waals surface area contributed by atoms with Crippen LogP contribution in [0.25, 0.3) is 0 Å². The molecule has 2 aliphatic rings. The fourth-order valence-electron chi connectivity index (χ4n) is 6.26. The quantitative estimate of drug-likeness (QED) is 0.436. The topological polar surface area (TPSA) is 112 Å². The van der Waals surface area contributed by atoms with Gasteiger partial charge in [-0.25, -0.2) is 4.98 Å². The number of amides is 2. The number of anilines is 2. The van der Waals surface area contributed by atoms with Crippen LogP contribution in [0.4, 0.5) is 10.8 Å². The van der Waals surface area contributed by atoms with Crippen LogP contribution in [0, 0.1) is 22.2 Å². The third-order valence-electron chi connectivity index (χ3n) is 8.28. The molecule has 5 unspecified atom stereocenters. The number of nitrogens with one attached hydrogen (secondary N) is 2. The predicted octanol–water partition coefficient (Wildman–Crippen LogP) is 4.96. The van der Waals surface area contributed by atoms with E-state index in [-0.39, 0.29) is 47.5 Å². The Labute approximate surface area is 217 Å². The maximum absolute atomic E-state index is 13.2. The lowest BCUT2D eigenvalue weighted by Crippen LogP contribution is -2.57. The van der Waals surface area contributed by atoms with Crippen molar-refractivity contribution in [3.8, 4) is 0 Å². The van der Waals surface area contributed by atoms with Crippen LogP contribution in [0.2, 0.25) is 0 Å². The molecule has 7 nitrogen and oxygen atoms in total. The van der Waals surface area contributed by atoms with Crippen LogP contribution in [-0.4, -0.2) is 39.7 Å². The summed E-state index contributed by atoms with van der Waals surface area (Å²) in [6.07, 6.45) is 1.97. The zero-order chi connectivity index (χ0) is 26.3. The molecule has 0 radical (unpaired) electrons. The van der Waals surface area contributed by atoms with Crippen LogP contribution in [0.1, 0.15) is 76.8 Å². The summed E-state index contributed by atoms with van der Waals surface area (Å²) >= 11 is 1.45. The van der Waals surface area contributed by atoms with Crippen LogP contribution in [0.3, 0.4) is 0 Å². The van der Waals surface area contributed by atoms with Gasteiger partial charge in [0.25, 0.3) is 0 Å². The van der Waals surface area contributed by atoms with E-state index in [1.807, 2.05) is 58.0 Å². The molecule has 36 heavy (non-hydrogen) atoms. The molecule has 0 saturated heterocycles. The van der Waals surface area contributed by atoms with Crippen molar-refractivity contribution in [1.82, 2.24) is 4.98 Å². The molecule has 0 bridgehead atoms. The van der Waals surface area contributed by atoms with Gasteiger partial charge in [0.2, 0.25) is 11.8 Å². The molecular formula is C28H39N3O4S. The van der Waals surface area contributed by atoms with E-state index in [4.69, 9.17) is 4.98 Å². The normalized spacial score (nSPS) is 29.7. The highest BCUT2D eigenvalue weighted by molar-refractivity contribution is 7.15. The summed E-state index contributed by atoms with van der Waals surface area (Å²) in [6.45, 7) is 10.1. The van der Waals surface area contributed by atoms with Gasteiger partial charge in [-0.2, -0.15) is 0 Å². The minimum atomic E-state index is -0.682. The number of carbonyl (C=O) groups is 2. The first-order valence-corrected chi connectivity index (χ1v) is 13.6. The first-order chi connectivity index (χ1) is 16.9. The van der Waals surface area contributed by atoms with Gasteiger partial charge in [-0.15, -0.1) is 11.3 Å². The van der Waals surface area contributed by atoms with E-state index in [9.17, 15) is 19.8 Å². The Morgan fingerprint density at radius 2 is 1.83 bits per heavy atom. The minimum Gasteiger partial charge on any atom is -0.396 e. The van der Waals surface area contributed by atoms with Crippen molar-refractivity contribution >= 4 is 34.0 Å². The van der Waals surface area contributed by atoms with E-state index in [0.717, 1.165) is 22.7 Å². The van der Waals surface area contributed by atoms with Crippen molar-refractivity contribution in [2.75, 3.05) is 17.2 Å². The molecule has 196 valence electrons. The molecule has 2 aliphatic carbocycles. The molecule has 1 heterocycles. The Morgan fingerprint density at radius 1 is 1.14 bits per heavy atom. The highest BCUT2D eigenvalue weighted by atomic mass is 32.1. The molecule has 1 aromatic carbocycles. The first kappa shape index (κ1) is 26.8. The number of para-hydroxylation sites is 1. The van der Waals surface area contributed by atoms with Crippen LogP contribution in [-0.2, 0) is 16.0 Å². The number of rotatable bonds is 6. The van der Waals surface area contributed by atoms with Crippen molar-refractivity contribution in [3.63, 3.8) is 0 Å². The van der Waals surface area contributed by atoms with Gasteiger partial charge in [-0.1, -0.05) is 52.8 Å². The second-order valence-electron chi connectivity index (χ2n) is 12.3. The Kier molecular flexibility index (Phi) is 7.34. The van der Waals surface area contributed by atoms with E-state index in [1.54, 1.807) is 0 Å². The van der Waals surface area contributed by atoms with Crippen molar-refractivity contribution < 1.29 is 19.8 Å². The highest BCUT2D eigenvalue weighted by Crippen LogP contribution is 2.62. The molecule has 8 heteroatoms. The summed E-state index contributed by atoms with van der Waals surface area (Å²) in [5, 5.41) is 27.9. The molecular weight excluding hydrogens is 474 g/mol. The van der Waals surface area contributed by atoms with Gasteiger partial charge in [-0.05, 0) is 48.1 Å². The van der Waals surface area contributed by atoms with Crippen molar-refractivity contribution in [3.05, 3.63) is 40.9 Å². The second kappa shape index (κ2) is 9.88. The number of fused-ring (bicyclic) bond motifs is 2. The molecule has 1 saturated carbocycles. The predicted molar refractivity (Wildman–Crippen MR) is 143 cm³/mol. The van der Waals surface area contributed by atoms with E-state index in [0.29, 0.717) is 24.4 Å². The van der Waals surface area contributed by atoms with Gasteiger partial charge >= 0.3 is 0 Å². The summed E-state index contributed by atoms with van der Waals surface area (Å²) < 4.78 is 0. The van der Waals surface area contributed by atoms with Gasteiger partial charge < -0.3 is 20.8 Å². The molecule has 4 N–H and O–H groups in total. The molecule has 5 atom stereocenters. The molecule has 1 aromatic heterocycles. The Morgan fingerprint density at radius 3 is 2.47 bits per heavy atom. The molecule has 0 spiro atoms. The molecule has 1 fully saturated rings. The lowest BCUT2D eigenvalue weighted by atomic mass is 9.47. The van der Waals surface area contributed by atoms with Gasteiger partial charge in [0.05, 0.1) is 18.4 Å². The molecule has 2 aromatic rings. The monoisotopic (exact) mass is 513 g/mol. The largest absolute Gasteiger partial charge is 0.396 e. The van der Waals surface area contributed by atoms with Crippen LogP contribution in [0.5, 0.6) is 0 Å². The number of aliphatic hydroxyl groups is 2. The van der Waals surface area contributed by atoms with E-state index < -0.39 is 11.5 Å². The average Bonchev–Trinajstić information content (AvgIpc) is 3.19. The lowest BCUT2D eigenvalue weighted by Gasteiger charge is -2.58. The smallest absolute Gasteiger partial charge is 0.226 e. The van der Waals surface area contributed by atoms with Crippen LogP contribution >= 0.6 is 11.3 Å². The summed E-state index contributed by atoms with van der Waals surface area (Å²) in [7, 11) is 0. The second-order valence-corrected chi connectivity index (χ2v) is 13.3. The van der Waals surface area contributed by atoms with E-state index >= 15 is 0 Å². The average molecular weight is 514 g/mol.